The maximum Gasteiger partial charge on any atom is 0.0196 e. The van der Waals surface area contributed by atoms with Crippen molar-refractivity contribution in [1.29, 1.82) is 0 Å². The van der Waals surface area contributed by atoms with Crippen molar-refractivity contribution in [1.82, 2.24) is 10.2 Å². The van der Waals surface area contributed by atoms with Crippen LogP contribution in [0, 0.1) is 11.8 Å². The van der Waals surface area contributed by atoms with Crippen LogP contribution in [0.4, 0.5) is 0 Å². The minimum atomic E-state index is 0.733. The second-order valence-corrected chi connectivity index (χ2v) is 5.36. The topological polar surface area (TPSA) is 15.3 Å². The van der Waals surface area contributed by atoms with E-state index in [4.69, 9.17) is 0 Å². The number of hydrogen-bond donors (Lipinski definition) is 1. The summed E-state index contributed by atoms with van der Waals surface area (Å²) >= 11 is 0. The van der Waals surface area contributed by atoms with Gasteiger partial charge in [0.2, 0.25) is 0 Å². The summed E-state index contributed by atoms with van der Waals surface area (Å²) in [6.07, 6.45) is 2.94. The fraction of sp³-hybridized carbons (Fsp3) is 1.00. The minimum absolute atomic E-state index is 0.733. The lowest BCUT2D eigenvalue weighted by Crippen LogP contribution is -2.56. The molecule has 1 aliphatic heterocycles. The molecule has 2 rings (SSSR count). The van der Waals surface area contributed by atoms with E-state index < -0.39 is 0 Å². The Morgan fingerprint density at radius 1 is 1.29 bits per heavy atom. The molecule has 0 radical (unpaired) electrons. The summed E-state index contributed by atoms with van der Waals surface area (Å²) < 4.78 is 0. The van der Waals surface area contributed by atoms with Gasteiger partial charge in [-0.25, -0.2) is 0 Å². The van der Waals surface area contributed by atoms with Gasteiger partial charge in [0, 0.05) is 31.7 Å². The van der Waals surface area contributed by atoms with Crippen LogP contribution in [0.15, 0.2) is 0 Å². The summed E-state index contributed by atoms with van der Waals surface area (Å²) in [5.74, 6) is 1.83. The van der Waals surface area contributed by atoms with Crippen LogP contribution in [-0.2, 0) is 0 Å². The Bertz CT molecular complexity index is 185. The van der Waals surface area contributed by atoms with E-state index in [9.17, 15) is 0 Å². The van der Waals surface area contributed by atoms with Crippen LogP contribution in [0.1, 0.15) is 33.6 Å². The summed E-state index contributed by atoms with van der Waals surface area (Å²) in [6.45, 7) is 10.7. The van der Waals surface area contributed by atoms with E-state index >= 15 is 0 Å². The maximum atomic E-state index is 3.48. The highest BCUT2D eigenvalue weighted by Gasteiger charge is 2.39. The van der Waals surface area contributed by atoms with Crippen molar-refractivity contribution in [2.75, 3.05) is 19.6 Å². The highest BCUT2D eigenvalue weighted by atomic mass is 15.2. The smallest absolute Gasteiger partial charge is 0.0196 e. The molecule has 0 amide bonds. The molecule has 2 heteroatoms. The van der Waals surface area contributed by atoms with Crippen LogP contribution in [0.2, 0.25) is 0 Å². The molecule has 1 heterocycles. The third-order valence-electron chi connectivity index (χ3n) is 3.72. The number of hydrogen-bond acceptors (Lipinski definition) is 2. The van der Waals surface area contributed by atoms with Crippen LogP contribution in [-0.4, -0.2) is 36.6 Å². The average Bonchev–Trinajstić information content (AvgIpc) is 2.92. The number of rotatable bonds is 3. The van der Waals surface area contributed by atoms with Gasteiger partial charge in [0.1, 0.15) is 0 Å². The Hall–Kier alpha value is -0.0800. The fourth-order valence-electron chi connectivity index (χ4n) is 2.94. The Balaban J connectivity index is 2.00. The highest BCUT2D eigenvalue weighted by molar-refractivity contribution is 4.93. The molecule has 0 aromatic heterocycles. The van der Waals surface area contributed by atoms with Crippen molar-refractivity contribution in [3.63, 3.8) is 0 Å². The fourth-order valence-corrected chi connectivity index (χ4v) is 2.94. The lowest BCUT2D eigenvalue weighted by Gasteiger charge is -2.42. The quantitative estimate of drug-likeness (QED) is 0.739. The number of nitrogens with zero attached hydrogens (tertiary/aromatic N) is 1. The maximum absolute atomic E-state index is 3.48. The van der Waals surface area contributed by atoms with Gasteiger partial charge in [0.25, 0.3) is 0 Å². The molecular formula is C12H24N2. The number of nitrogens with one attached hydrogen (secondary N) is 1. The third-order valence-corrected chi connectivity index (χ3v) is 3.72. The van der Waals surface area contributed by atoms with Gasteiger partial charge in [-0.15, -0.1) is 0 Å². The molecule has 2 aliphatic rings. The van der Waals surface area contributed by atoms with Crippen LogP contribution < -0.4 is 5.32 Å². The monoisotopic (exact) mass is 196 g/mol. The van der Waals surface area contributed by atoms with Gasteiger partial charge in [-0.1, -0.05) is 13.8 Å². The zero-order valence-corrected chi connectivity index (χ0v) is 9.79. The SMILES string of the molecule is CC(C)C(C1CC1)N1CCNCC1C. The van der Waals surface area contributed by atoms with Gasteiger partial charge in [-0.05, 0) is 31.6 Å². The Kier molecular flexibility index (Phi) is 3.13. The summed E-state index contributed by atoms with van der Waals surface area (Å²) in [5, 5.41) is 3.48. The predicted octanol–water partition coefficient (Wildman–Crippen LogP) is 1.71. The van der Waals surface area contributed by atoms with Gasteiger partial charge in [0.15, 0.2) is 0 Å². The first kappa shape index (κ1) is 10.4. The van der Waals surface area contributed by atoms with Crippen LogP contribution in [0.25, 0.3) is 0 Å². The van der Waals surface area contributed by atoms with Crippen LogP contribution in [0.5, 0.6) is 0 Å². The Morgan fingerprint density at radius 2 is 2.00 bits per heavy atom. The molecule has 2 unspecified atom stereocenters. The van der Waals surface area contributed by atoms with E-state index in [1.165, 1.54) is 32.5 Å². The van der Waals surface area contributed by atoms with Gasteiger partial charge in [-0.2, -0.15) is 0 Å². The first-order valence-corrected chi connectivity index (χ1v) is 6.16. The van der Waals surface area contributed by atoms with E-state index in [1.54, 1.807) is 0 Å². The molecule has 1 saturated heterocycles. The zero-order chi connectivity index (χ0) is 10.1. The average molecular weight is 196 g/mol. The second-order valence-electron chi connectivity index (χ2n) is 5.36. The summed E-state index contributed by atoms with van der Waals surface area (Å²) in [7, 11) is 0. The summed E-state index contributed by atoms with van der Waals surface area (Å²) in [6, 6.07) is 1.59. The van der Waals surface area contributed by atoms with E-state index in [-0.39, 0.29) is 0 Å². The van der Waals surface area contributed by atoms with Crippen LogP contribution >= 0.6 is 0 Å². The largest absolute Gasteiger partial charge is 0.314 e. The van der Waals surface area contributed by atoms with E-state index in [0.717, 1.165) is 23.9 Å². The standard InChI is InChI=1S/C12H24N2/c1-9(2)12(11-4-5-11)14-7-6-13-8-10(14)3/h9-13H,4-8H2,1-3H3. The van der Waals surface area contributed by atoms with Gasteiger partial charge < -0.3 is 5.32 Å². The lowest BCUT2D eigenvalue weighted by atomic mass is 9.95. The predicted molar refractivity (Wildman–Crippen MR) is 60.4 cm³/mol. The van der Waals surface area contributed by atoms with Crippen molar-refractivity contribution >= 4 is 0 Å². The van der Waals surface area contributed by atoms with E-state index in [2.05, 4.69) is 31.0 Å². The minimum Gasteiger partial charge on any atom is -0.314 e. The summed E-state index contributed by atoms with van der Waals surface area (Å²) in [5.41, 5.74) is 0. The molecule has 1 aliphatic carbocycles. The van der Waals surface area contributed by atoms with E-state index in [0.29, 0.717) is 0 Å². The van der Waals surface area contributed by atoms with E-state index in [1.807, 2.05) is 0 Å². The highest BCUT2D eigenvalue weighted by Crippen LogP contribution is 2.39. The summed E-state index contributed by atoms with van der Waals surface area (Å²) in [4.78, 5) is 2.75. The van der Waals surface area contributed by atoms with Gasteiger partial charge in [-0.3, -0.25) is 4.90 Å². The first-order chi connectivity index (χ1) is 6.70. The molecule has 1 N–H and O–H groups in total. The lowest BCUT2D eigenvalue weighted by molar-refractivity contribution is 0.0741. The molecule has 0 spiro atoms. The third kappa shape index (κ3) is 2.12. The van der Waals surface area contributed by atoms with Crippen molar-refractivity contribution in [3.05, 3.63) is 0 Å². The molecular weight excluding hydrogens is 172 g/mol. The molecule has 0 bridgehead atoms. The molecule has 2 fully saturated rings. The Labute approximate surface area is 88.1 Å². The van der Waals surface area contributed by atoms with Crippen molar-refractivity contribution in [3.8, 4) is 0 Å². The van der Waals surface area contributed by atoms with Gasteiger partial charge >= 0.3 is 0 Å². The molecule has 2 atom stereocenters. The Morgan fingerprint density at radius 3 is 2.50 bits per heavy atom. The van der Waals surface area contributed by atoms with Crippen molar-refractivity contribution in [2.45, 2.75) is 45.7 Å². The molecule has 0 aromatic rings. The normalized spacial score (nSPS) is 32.1. The molecule has 82 valence electrons. The van der Waals surface area contributed by atoms with Crippen molar-refractivity contribution < 1.29 is 0 Å². The molecule has 14 heavy (non-hydrogen) atoms. The first-order valence-electron chi connectivity index (χ1n) is 6.16. The van der Waals surface area contributed by atoms with Crippen molar-refractivity contribution in [2.24, 2.45) is 11.8 Å². The number of piperazine rings is 1. The second kappa shape index (κ2) is 4.19. The molecule has 0 aromatic carbocycles. The molecule has 2 nitrogen and oxygen atoms in total. The van der Waals surface area contributed by atoms with Crippen LogP contribution in [0.3, 0.4) is 0 Å². The molecule has 1 saturated carbocycles. The van der Waals surface area contributed by atoms with Gasteiger partial charge in [0.05, 0.1) is 0 Å². The zero-order valence-electron chi connectivity index (χ0n) is 9.79.